The molecule has 0 unspecified atom stereocenters. The third-order valence-electron chi connectivity index (χ3n) is 1.64. The molecule has 12 heavy (non-hydrogen) atoms. The van der Waals surface area contributed by atoms with Crippen LogP contribution in [0, 0.1) is 6.92 Å². The number of aliphatic hydroxyl groups excluding tert-OH is 2. The van der Waals surface area contributed by atoms with Crippen molar-refractivity contribution >= 4 is 16.3 Å². The minimum absolute atomic E-state index is 0.0478. The summed E-state index contributed by atoms with van der Waals surface area (Å²) in [6.45, 7) is 1.90. The average molecular weight is 187 g/mol. The molecule has 1 aromatic heterocycles. The number of aryl methyl sites for hydroxylation is 1. The van der Waals surface area contributed by atoms with Crippen molar-refractivity contribution in [3.63, 3.8) is 0 Å². The highest BCUT2D eigenvalue weighted by atomic mass is 32.1. The van der Waals surface area contributed by atoms with Gasteiger partial charge in [-0.2, -0.15) is 0 Å². The van der Waals surface area contributed by atoms with E-state index in [1.165, 1.54) is 0 Å². The summed E-state index contributed by atoms with van der Waals surface area (Å²) >= 11 is 1.58. The third-order valence-corrected chi connectivity index (χ3v) is 2.59. The lowest BCUT2D eigenvalue weighted by atomic mass is 10.3. The number of aliphatic hydroxyl groups is 2. The van der Waals surface area contributed by atoms with Gasteiger partial charge in [-0.3, -0.25) is 0 Å². The van der Waals surface area contributed by atoms with Crippen molar-refractivity contribution < 1.29 is 10.2 Å². The number of thiophene rings is 1. The summed E-state index contributed by atoms with van der Waals surface area (Å²) in [5, 5.41) is 23.6. The molecule has 0 saturated carbocycles. The molecule has 0 amide bonds. The van der Waals surface area contributed by atoms with Crippen LogP contribution >= 0.6 is 11.3 Å². The van der Waals surface area contributed by atoms with Gasteiger partial charge in [-0.05, 0) is 23.9 Å². The molecule has 0 saturated heterocycles. The van der Waals surface area contributed by atoms with Crippen molar-refractivity contribution in [2.45, 2.75) is 13.0 Å². The van der Waals surface area contributed by atoms with Gasteiger partial charge in [-0.1, -0.05) is 0 Å². The summed E-state index contributed by atoms with van der Waals surface area (Å²) in [4.78, 5) is 0. The Kier molecular flexibility index (Phi) is 3.52. The fraction of sp³-hybridized carbons (Fsp3) is 0.500. The molecule has 0 aromatic carbocycles. The summed E-state index contributed by atoms with van der Waals surface area (Å²) < 4.78 is 0. The van der Waals surface area contributed by atoms with E-state index < -0.39 is 0 Å². The highest BCUT2D eigenvalue weighted by molar-refractivity contribution is 7.14. The largest absolute Gasteiger partial charge is 0.394 e. The molecule has 0 fully saturated rings. The molecule has 0 bridgehead atoms. The maximum Gasteiger partial charge on any atom is 0.0915 e. The molecular formula is C8H13NO2S. The molecule has 0 radical (unpaired) electrons. The number of rotatable bonds is 4. The van der Waals surface area contributed by atoms with Gasteiger partial charge in [0.1, 0.15) is 0 Å². The fourth-order valence-corrected chi connectivity index (χ4v) is 1.75. The highest BCUT2D eigenvalue weighted by Crippen LogP contribution is 2.22. The Morgan fingerprint density at radius 2 is 2.17 bits per heavy atom. The Bertz CT molecular complexity index is 233. The van der Waals surface area contributed by atoms with Gasteiger partial charge < -0.3 is 15.5 Å². The molecule has 3 N–H and O–H groups in total. The molecule has 4 heteroatoms. The lowest BCUT2D eigenvalue weighted by Crippen LogP contribution is -2.27. The van der Waals surface area contributed by atoms with Crippen LogP contribution in [0.3, 0.4) is 0 Å². The molecular weight excluding hydrogens is 174 g/mol. The van der Waals surface area contributed by atoms with E-state index >= 15 is 0 Å². The van der Waals surface area contributed by atoms with Gasteiger partial charge >= 0.3 is 0 Å². The monoisotopic (exact) mass is 187 g/mol. The molecule has 68 valence electrons. The molecule has 1 rings (SSSR count). The number of anilines is 1. The minimum atomic E-state index is -0.248. The van der Waals surface area contributed by atoms with Crippen LogP contribution in [0.5, 0.6) is 0 Å². The Hall–Kier alpha value is -0.580. The molecule has 1 aromatic rings. The number of nitrogens with one attached hydrogen (secondary N) is 1. The van der Waals surface area contributed by atoms with E-state index in [2.05, 4.69) is 5.32 Å². The van der Waals surface area contributed by atoms with E-state index in [4.69, 9.17) is 10.2 Å². The van der Waals surface area contributed by atoms with Gasteiger partial charge in [0.2, 0.25) is 0 Å². The van der Waals surface area contributed by atoms with E-state index in [-0.39, 0.29) is 19.3 Å². The topological polar surface area (TPSA) is 52.5 Å². The van der Waals surface area contributed by atoms with Crippen molar-refractivity contribution in [1.82, 2.24) is 0 Å². The normalized spacial score (nSPS) is 10.7. The second-order valence-electron chi connectivity index (χ2n) is 2.64. The SMILES string of the molecule is Cc1ccsc1NC(CO)CO. The summed E-state index contributed by atoms with van der Waals surface area (Å²) in [5.74, 6) is 0. The zero-order valence-corrected chi connectivity index (χ0v) is 7.77. The highest BCUT2D eigenvalue weighted by Gasteiger charge is 2.07. The van der Waals surface area contributed by atoms with Gasteiger partial charge in [0, 0.05) is 0 Å². The van der Waals surface area contributed by atoms with Crippen LogP contribution in [-0.2, 0) is 0 Å². The zero-order chi connectivity index (χ0) is 8.97. The third kappa shape index (κ3) is 2.20. The van der Waals surface area contributed by atoms with Crippen molar-refractivity contribution in [2.75, 3.05) is 18.5 Å². The van der Waals surface area contributed by atoms with E-state index in [9.17, 15) is 0 Å². The lowest BCUT2D eigenvalue weighted by molar-refractivity contribution is 0.204. The first-order valence-corrected chi connectivity index (χ1v) is 4.68. The molecule has 0 spiro atoms. The molecule has 0 aliphatic heterocycles. The van der Waals surface area contributed by atoms with Gasteiger partial charge in [-0.25, -0.2) is 0 Å². The maximum absolute atomic E-state index is 8.80. The van der Waals surface area contributed by atoms with Crippen LogP contribution in [0.25, 0.3) is 0 Å². The smallest absolute Gasteiger partial charge is 0.0915 e. The van der Waals surface area contributed by atoms with Crippen LogP contribution in [0.4, 0.5) is 5.00 Å². The van der Waals surface area contributed by atoms with Crippen molar-refractivity contribution in [1.29, 1.82) is 0 Å². The summed E-state index contributed by atoms with van der Waals surface area (Å²) in [7, 11) is 0. The standard InChI is InChI=1S/C8H13NO2S/c1-6-2-3-12-8(6)9-7(4-10)5-11/h2-3,7,9-11H,4-5H2,1H3. The lowest BCUT2D eigenvalue weighted by Gasteiger charge is -2.13. The summed E-state index contributed by atoms with van der Waals surface area (Å²) in [6, 6.07) is 1.75. The van der Waals surface area contributed by atoms with Crippen LogP contribution < -0.4 is 5.32 Å². The van der Waals surface area contributed by atoms with E-state index in [0.717, 1.165) is 10.6 Å². The first-order valence-electron chi connectivity index (χ1n) is 3.80. The quantitative estimate of drug-likeness (QED) is 0.654. The number of hydrogen-bond donors (Lipinski definition) is 3. The Morgan fingerprint density at radius 3 is 2.58 bits per heavy atom. The average Bonchev–Trinajstić information content (AvgIpc) is 2.47. The zero-order valence-electron chi connectivity index (χ0n) is 6.95. The molecule has 3 nitrogen and oxygen atoms in total. The molecule has 0 aliphatic rings. The predicted molar refractivity (Wildman–Crippen MR) is 50.6 cm³/mol. The van der Waals surface area contributed by atoms with Crippen molar-refractivity contribution in [3.05, 3.63) is 17.0 Å². The van der Waals surface area contributed by atoms with Crippen LogP contribution in [0.1, 0.15) is 5.56 Å². The fourth-order valence-electron chi connectivity index (χ4n) is 0.855. The first kappa shape index (κ1) is 9.51. The van der Waals surface area contributed by atoms with Crippen LogP contribution in [0.2, 0.25) is 0 Å². The summed E-state index contributed by atoms with van der Waals surface area (Å²) in [5.41, 5.74) is 1.15. The second-order valence-corrected chi connectivity index (χ2v) is 3.56. The number of hydrogen-bond acceptors (Lipinski definition) is 4. The van der Waals surface area contributed by atoms with E-state index in [0.29, 0.717) is 0 Å². The van der Waals surface area contributed by atoms with Crippen LogP contribution in [0.15, 0.2) is 11.4 Å². The molecule has 0 atom stereocenters. The van der Waals surface area contributed by atoms with Gasteiger partial charge in [0.05, 0.1) is 24.3 Å². The van der Waals surface area contributed by atoms with E-state index in [1.807, 2.05) is 18.4 Å². The first-order chi connectivity index (χ1) is 5.77. The minimum Gasteiger partial charge on any atom is -0.394 e. The van der Waals surface area contributed by atoms with Crippen molar-refractivity contribution in [3.8, 4) is 0 Å². The maximum atomic E-state index is 8.80. The van der Waals surface area contributed by atoms with Gasteiger partial charge in [-0.15, -0.1) is 11.3 Å². The summed E-state index contributed by atoms with van der Waals surface area (Å²) in [6.07, 6.45) is 0. The second kappa shape index (κ2) is 4.45. The van der Waals surface area contributed by atoms with Crippen LogP contribution in [-0.4, -0.2) is 29.5 Å². The van der Waals surface area contributed by atoms with Gasteiger partial charge in [0.25, 0.3) is 0 Å². The molecule has 0 aliphatic carbocycles. The van der Waals surface area contributed by atoms with Gasteiger partial charge in [0.15, 0.2) is 0 Å². The van der Waals surface area contributed by atoms with Crippen molar-refractivity contribution in [2.24, 2.45) is 0 Å². The Morgan fingerprint density at radius 1 is 1.50 bits per heavy atom. The Labute approximate surface area is 75.7 Å². The Balaban J connectivity index is 2.56. The van der Waals surface area contributed by atoms with E-state index in [1.54, 1.807) is 11.3 Å². The predicted octanol–water partition coefficient (Wildman–Crippen LogP) is 0.822. The molecule has 1 heterocycles.